The van der Waals surface area contributed by atoms with E-state index in [-0.39, 0.29) is 24.0 Å². The number of nitrogens with zero attached hydrogens (tertiary/aromatic N) is 1. The third-order valence-corrected chi connectivity index (χ3v) is 3.37. The number of amides is 3. The van der Waals surface area contributed by atoms with Crippen molar-refractivity contribution >= 4 is 11.9 Å². The number of ether oxygens (including phenoxy) is 2. The fourth-order valence-electron chi connectivity index (χ4n) is 2.22. The van der Waals surface area contributed by atoms with Gasteiger partial charge in [0, 0.05) is 24.7 Å². The SMILES string of the molecule is CCN(CC(=O)NC(C)(C)C)C(=O)NCc1cc(OC)cc(OC)c1. The van der Waals surface area contributed by atoms with E-state index in [0.29, 0.717) is 24.6 Å². The molecule has 3 amide bonds. The maximum absolute atomic E-state index is 12.3. The highest BCUT2D eigenvalue weighted by Gasteiger charge is 2.19. The van der Waals surface area contributed by atoms with E-state index in [4.69, 9.17) is 9.47 Å². The van der Waals surface area contributed by atoms with Crippen LogP contribution in [0.15, 0.2) is 18.2 Å². The molecular formula is C18H29N3O4. The maximum atomic E-state index is 12.3. The van der Waals surface area contributed by atoms with E-state index in [0.717, 1.165) is 5.56 Å². The van der Waals surface area contributed by atoms with Gasteiger partial charge in [0.2, 0.25) is 5.91 Å². The summed E-state index contributed by atoms with van der Waals surface area (Å²) < 4.78 is 10.4. The van der Waals surface area contributed by atoms with Crippen LogP contribution in [0.1, 0.15) is 33.3 Å². The van der Waals surface area contributed by atoms with Crippen LogP contribution in [0.3, 0.4) is 0 Å². The van der Waals surface area contributed by atoms with Crippen LogP contribution in [-0.2, 0) is 11.3 Å². The van der Waals surface area contributed by atoms with Gasteiger partial charge in [-0.25, -0.2) is 4.79 Å². The third-order valence-electron chi connectivity index (χ3n) is 3.37. The van der Waals surface area contributed by atoms with Crippen molar-refractivity contribution in [2.75, 3.05) is 27.3 Å². The molecule has 0 radical (unpaired) electrons. The van der Waals surface area contributed by atoms with Gasteiger partial charge in [-0.3, -0.25) is 4.79 Å². The number of nitrogens with one attached hydrogen (secondary N) is 2. The molecule has 0 heterocycles. The largest absolute Gasteiger partial charge is 0.497 e. The molecular weight excluding hydrogens is 322 g/mol. The van der Waals surface area contributed by atoms with Crippen molar-refractivity contribution < 1.29 is 19.1 Å². The van der Waals surface area contributed by atoms with Gasteiger partial charge in [-0.15, -0.1) is 0 Å². The number of carbonyl (C=O) groups excluding carboxylic acids is 2. The summed E-state index contributed by atoms with van der Waals surface area (Å²) in [6.07, 6.45) is 0. The first-order chi connectivity index (χ1) is 11.7. The lowest BCUT2D eigenvalue weighted by Gasteiger charge is -2.25. The van der Waals surface area contributed by atoms with Crippen LogP contribution in [-0.4, -0.2) is 49.7 Å². The number of likely N-dealkylation sites (N-methyl/N-ethyl adjacent to an activating group) is 1. The first-order valence-electron chi connectivity index (χ1n) is 8.24. The number of hydrogen-bond acceptors (Lipinski definition) is 4. The Morgan fingerprint density at radius 3 is 2.08 bits per heavy atom. The van der Waals surface area contributed by atoms with E-state index >= 15 is 0 Å². The molecule has 7 nitrogen and oxygen atoms in total. The second-order valence-corrected chi connectivity index (χ2v) is 6.69. The van der Waals surface area contributed by atoms with E-state index in [1.807, 2.05) is 39.8 Å². The van der Waals surface area contributed by atoms with Gasteiger partial charge in [-0.1, -0.05) is 0 Å². The molecule has 25 heavy (non-hydrogen) atoms. The van der Waals surface area contributed by atoms with Crippen LogP contribution in [0.25, 0.3) is 0 Å². The van der Waals surface area contributed by atoms with Crippen LogP contribution in [0.4, 0.5) is 4.79 Å². The second-order valence-electron chi connectivity index (χ2n) is 6.69. The van der Waals surface area contributed by atoms with Gasteiger partial charge in [0.15, 0.2) is 0 Å². The fraction of sp³-hybridized carbons (Fsp3) is 0.556. The Kier molecular flexibility index (Phi) is 7.54. The summed E-state index contributed by atoms with van der Waals surface area (Å²) in [4.78, 5) is 25.8. The summed E-state index contributed by atoms with van der Waals surface area (Å²) in [7, 11) is 3.15. The third kappa shape index (κ3) is 7.32. The number of benzene rings is 1. The molecule has 0 aliphatic rings. The molecule has 0 saturated heterocycles. The van der Waals surface area contributed by atoms with Crippen molar-refractivity contribution in [3.05, 3.63) is 23.8 Å². The topological polar surface area (TPSA) is 79.9 Å². The minimum atomic E-state index is -0.329. The van der Waals surface area contributed by atoms with Crippen LogP contribution < -0.4 is 20.1 Å². The number of rotatable bonds is 7. The second kappa shape index (κ2) is 9.15. The van der Waals surface area contributed by atoms with Gasteiger partial charge in [-0.2, -0.15) is 0 Å². The molecule has 0 fully saturated rings. The Morgan fingerprint density at radius 2 is 1.64 bits per heavy atom. The molecule has 1 aromatic carbocycles. The van der Waals surface area contributed by atoms with Gasteiger partial charge in [-0.05, 0) is 45.4 Å². The molecule has 7 heteroatoms. The predicted octanol–water partition coefficient (Wildman–Crippen LogP) is 2.15. The molecule has 0 saturated carbocycles. The Labute approximate surface area is 149 Å². The van der Waals surface area contributed by atoms with Gasteiger partial charge in [0.05, 0.1) is 14.2 Å². The molecule has 1 rings (SSSR count). The molecule has 0 aliphatic heterocycles. The highest BCUT2D eigenvalue weighted by atomic mass is 16.5. The quantitative estimate of drug-likeness (QED) is 0.789. The normalized spacial score (nSPS) is 10.8. The van der Waals surface area contributed by atoms with Crippen molar-refractivity contribution in [2.45, 2.75) is 39.8 Å². The van der Waals surface area contributed by atoms with Crippen LogP contribution in [0.5, 0.6) is 11.5 Å². The first-order valence-corrected chi connectivity index (χ1v) is 8.24. The summed E-state index contributed by atoms with van der Waals surface area (Å²) in [5, 5.41) is 5.67. The molecule has 140 valence electrons. The minimum Gasteiger partial charge on any atom is -0.497 e. The summed E-state index contributed by atoms with van der Waals surface area (Å²) in [5.41, 5.74) is 0.518. The highest BCUT2D eigenvalue weighted by Crippen LogP contribution is 2.22. The highest BCUT2D eigenvalue weighted by molar-refractivity contribution is 5.84. The predicted molar refractivity (Wildman–Crippen MR) is 96.9 cm³/mol. The van der Waals surface area contributed by atoms with Gasteiger partial charge >= 0.3 is 6.03 Å². The summed E-state index contributed by atoms with van der Waals surface area (Å²) in [5.74, 6) is 1.12. The lowest BCUT2D eigenvalue weighted by molar-refractivity contribution is -0.123. The summed E-state index contributed by atoms with van der Waals surface area (Å²) in [6, 6.07) is 5.12. The summed E-state index contributed by atoms with van der Waals surface area (Å²) >= 11 is 0. The number of urea groups is 1. The van der Waals surface area contributed by atoms with E-state index in [2.05, 4.69) is 10.6 Å². The van der Waals surface area contributed by atoms with Gasteiger partial charge < -0.3 is 25.0 Å². The molecule has 1 aromatic rings. The average molecular weight is 351 g/mol. The number of methoxy groups -OCH3 is 2. The Bertz CT molecular complexity index is 574. The molecule has 0 atom stereocenters. The molecule has 0 aromatic heterocycles. The van der Waals surface area contributed by atoms with E-state index < -0.39 is 0 Å². The Hall–Kier alpha value is -2.44. The molecule has 0 spiro atoms. The lowest BCUT2D eigenvalue weighted by atomic mass is 10.1. The van der Waals surface area contributed by atoms with Crippen molar-refractivity contribution in [3.8, 4) is 11.5 Å². The fourth-order valence-corrected chi connectivity index (χ4v) is 2.22. The number of hydrogen-bond donors (Lipinski definition) is 2. The molecule has 0 bridgehead atoms. The summed E-state index contributed by atoms with van der Waals surface area (Å²) in [6.45, 7) is 8.29. The van der Waals surface area contributed by atoms with Gasteiger partial charge in [0.1, 0.15) is 18.0 Å². The minimum absolute atomic E-state index is 0.0149. The molecule has 0 unspecified atom stereocenters. The first kappa shape index (κ1) is 20.6. The number of carbonyl (C=O) groups is 2. The monoisotopic (exact) mass is 351 g/mol. The average Bonchev–Trinajstić information content (AvgIpc) is 2.55. The van der Waals surface area contributed by atoms with E-state index in [9.17, 15) is 9.59 Å². The smallest absolute Gasteiger partial charge is 0.318 e. The van der Waals surface area contributed by atoms with E-state index in [1.54, 1.807) is 20.3 Å². The Morgan fingerprint density at radius 1 is 1.08 bits per heavy atom. The maximum Gasteiger partial charge on any atom is 0.318 e. The van der Waals surface area contributed by atoms with Crippen molar-refractivity contribution in [3.63, 3.8) is 0 Å². The van der Waals surface area contributed by atoms with Crippen molar-refractivity contribution in [1.29, 1.82) is 0 Å². The zero-order chi connectivity index (χ0) is 19.0. The zero-order valence-electron chi connectivity index (χ0n) is 15.9. The molecule has 2 N–H and O–H groups in total. The standard InChI is InChI=1S/C18H29N3O4/c1-7-21(12-16(22)20-18(2,3)4)17(23)19-11-13-8-14(24-5)10-15(9-13)25-6/h8-10H,7,11-12H2,1-6H3,(H,19,23)(H,20,22). The van der Waals surface area contributed by atoms with E-state index in [1.165, 1.54) is 4.90 Å². The van der Waals surface area contributed by atoms with Crippen LogP contribution >= 0.6 is 0 Å². The Balaban J connectivity index is 2.66. The zero-order valence-corrected chi connectivity index (χ0v) is 15.9. The van der Waals surface area contributed by atoms with Gasteiger partial charge in [0.25, 0.3) is 0 Å². The lowest BCUT2D eigenvalue weighted by Crippen LogP contribution is -2.49. The van der Waals surface area contributed by atoms with Crippen LogP contribution in [0.2, 0.25) is 0 Å². The van der Waals surface area contributed by atoms with Crippen molar-refractivity contribution in [1.82, 2.24) is 15.5 Å². The van der Waals surface area contributed by atoms with Crippen molar-refractivity contribution in [2.24, 2.45) is 0 Å². The molecule has 0 aliphatic carbocycles. The van der Waals surface area contributed by atoms with Crippen LogP contribution in [0, 0.1) is 0 Å².